The topological polar surface area (TPSA) is 90.2 Å². The molecule has 1 N–H and O–H groups in total. The molecule has 0 amide bonds. The number of fused-ring (bicyclic) bond motifs is 1. The fraction of sp³-hybridized carbons (Fsp3) is 0.0909. The lowest BCUT2D eigenvalue weighted by molar-refractivity contribution is -0.385. The largest absolute Gasteiger partial charge is 0.433 e. The van der Waals surface area contributed by atoms with Crippen LogP contribution in [0.3, 0.4) is 0 Å². The summed E-state index contributed by atoms with van der Waals surface area (Å²) in [5.41, 5.74) is 2.39. The smallest absolute Gasteiger partial charge is 0.373 e. The lowest BCUT2D eigenvalue weighted by atomic mass is 10.1. The van der Waals surface area contributed by atoms with Crippen molar-refractivity contribution < 1.29 is 9.66 Å². The highest BCUT2D eigenvalue weighted by Crippen LogP contribution is 2.38. The van der Waals surface area contributed by atoms with Crippen molar-refractivity contribution in [2.24, 2.45) is 0 Å². The molecular formula is C22H18N4O3. The minimum Gasteiger partial charge on any atom is -0.433 e. The highest BCUT2D eigenvalue weighted by molar-refractivity contribution is 5.88. The van der Waals surface area contributed by atoms with Gasteiger partial charge in [-0.2, -0.15) is 4.98 Å². The normalized spacial score (nSPS) is 10.7. The van der Waals surface area contributed by atoms with Crippen molar-refractivity contribution >= 4 is 28.0 Å². The van der Waals surface area contributed by atoms with E-state index in [4.69, 9.17) is 4.74 Å². The molecule has 1 aromatic heterocycles. The predicted molar refractivity (Wildman–Crippen MR) is 112 cm³/mol. The fourth-order valence-corrected chi connectivity index (χ4v) is 3.08. The Hall–Kier alpha value is -4.00. The number of nitrogens with one attached hydrogen (secondary N) is 1. The summed E-state index contributed by atoms with van der Waals surface area (Å²) in [6.07, 6.45) is 1.25. The van der Waals surface area contributed by atoms with E-state index in [1.54, 1.807) is 6.07 Å². The van der Waals surface area contributed by atoms with E-state index >= 15 is 0 Å². The number of rotatable bonds is 5. The van der Waals surface area contributed by atoms with E-state index in [9.17, 15) is 10.1 Å². The van der Waals surface area contributed by atoms with Crippen LogP contribution in [0, 0.1) is 24.0 Å². The second kappa shape index (κ2) is 7.55. The zero-order valence-electron chi connectivity index (χ0n) is 15.9. The number of hydrogen-bond acceptors (Lipinski definition) is 6. The molecular weight excluding hydrogens is 368 g/mol. The van der Waals surface area contributed by atoms with Gasteiger partial charge in [0.15, 0.2) is 0 Å². The van der Waals surface area contributed by atoms with E-state index in [1.165, 1.54) is 6.33 Å². The van der Waals surface area contributed by atoms with E-state index in [0.29, 0.717) is 5.75 Å². The molecule has 7 heteroatoms. The molecule has 29 heavy (non-hydrogen) atoms. The number of hydrogen-bond donors (Lipinski definition) is 1. The van der Waals surface area contributed by atoms with Crippen molar-refractivity contribution in [2.75, 3.05) is 5.32 Å². The number of benzene rings is 3. The Morgan fingerprint density at radius 2 is 1.79 bits per heavy atom. The summed E-state index contributed by atoms with van der Waals surface area (Å²) in [4.78, 5) is 19.4. The molecule has 0 spiro atoms. The van der Waals surface area contributed by atoms with Gasteiger partial charge in [0.1, 0.15) is 12.1 Å². The molecule has 0 aliphatic carbocycles. The minimum atomic E-state index is -0.534. The maximum Gasteiger partial charge on any atom is 0.373 e. The summed E-state index contributed by atoms with van der Waals surface area (Å²) >= 11 is 0. The highest BCUT2D eigenvalue weighted by atomic mass is 16.6. The number of anilines is 2. The van der Waals surface area contributed by atoms with E-state index in [1.807, 2.05) is 68.4 Å². The quantitative estimate of drug-likeness (QED) is 0.350. The second-order valence-corrected chi connectivity index (χ2v) is 6.66. The molecule has 7 nitrogen and oxygen atoms in total. The Morgan fingerprint density at radius 1 is 1.00 bits per heavy atom. The van der Waals surface area contributed by atoms with Crippen LogP contribution in [0.25, 0.3) is 10.8 Å². The monoisotopic (exact) mass is 386 g/mol. The average Bonchev–Trinajstić information content (AvgIpc) is 2.71. The Labute approximate surface area is 167 Å². The van der Waals surface area contributed by atoms with Gasteiger partial charge in [-0.25, -0.2) is 4.98 Å². The van der Waals surface area contributed by atoms with Crippen molar-refractivity contribution in [2.45, 2.75) is 13.8 Å². The van der Waals surface area contributed by atoms with Gasteiger partial charge in [-0.3, -0.25) is 10.1 Å². The van der Waals surface area contributed by atoms with Crippen LogP contribution in [0.5, 0.6) is 11.6 Å². The molecule has 3 aromatic carbocycles. The average molecular weight is 386 g/mol. The summed E-state index contributed by atoms with van der Waals surface area (Å²) in [7, 11) is 0. The van der Waals surface area contributed by atoms with Crippen LogP contribution in [-0.2, 0) is 0 Å². The summed E-state index contributed by atoms with van der Waals surface area (Å²) in [5.74, 6) is 0.450. The van der Waals surface area contributed by atoms with Crippen LogP contribution < -0.4 is 10.1 Å². The van der Waals surface area contributed by atoms with Crippen LogP contribution in [0.1, 0.15) is 11.1 Å². The number of ether oxygens (including phenoxy) is 1. The number of nitro groups is 1. The first-order valence-corrected chi connectivity index (χ1v) is 9.02. The number of aromatic nitrogens is 2. The van der Waals surface area contributed by atoms with Gasteiger partial charge in [-0.15, -0.1) is 0 Å². The molecule has 0 bridgehead atoms. The summed E-state index contributed by atoms with van der Waals surface area (Å²) < 4.78 is 5.88. The minimum absolute atomic E-state index is 0.0777. The predicted octanol–water partition coefficient (Wildman–Crippen LogP) is 5.69. The van der Waals surface area contributed by atoms with Crippen molar-refractivity contribution in [1.29, 1.82) is 0 Å². The second-order valence-electron chi connectivity index (χ2n) is 6.66. The van der Waals surface area contributed by atoms with Gasteiger partial charge >= 0.3 is 11.6 Å². The third-order valence-corrected chi connectivity index (χ3v) is 4.57. The van der Waals surface area contributed by atoms with Crippen molar-refractivity contribution in [1.82, 2.24) is 9.97 Å². The highest BCUT2D eigenvalue weighted by Gasteiger charge is 2.26. The van der Waals surface area contributed by atoms with Crippen LogP contribution in [0.15, 0.2) is 67.0 Å². The lowest BCUT2D eigenvalue weighted by Gasteiger charge is -2.12. The molecule has 0 fully saturated rings. The third-order valence-electron chi connectivity index (χ3n) is 4.57. The van der Waals surface area contributed by atoms with Gasteiger partial charge in [-0.05, 0) is 42.5 Å². The fourth-order valence-electron chi connectivity index (χ4n) is 3.08. The Kier molecular flexibility index (Phi) is 4.78. The van der Waals surface area contributed by atoms with E-state index in [0.717, 1.165) is 27.6 Å². The molecule has 144 valence electrons. The summed E-state index contributed by atoms with van der Waals surface area (Å²) in [6.45, 7) is 3.87. The van der Waals surface area contributed by atoms with Gasteiger partial charge in [0.25, 0.3) is 0 Å². The standard InChI is InChI=1S/C22H18N4O3/c1-14-10-11-15(2)18(12-14)25-21-20(26(27)28)22(24-13-23-21)29-19-9-5-7-16-6-3-4-8-17(16)19/h3-13H,1-2H3,(H,23,24,25). The number of aryl methyl sites for hydroxylation is 2. The summed E-state index contributed by atoms with van der Waals surface area (Å²) in [5, 5.41) is 16.7. The van der Waals surface area contributed by atoms with E-state index in [-0.39, 0.29) is 17.4 Å². The molecule has 0 aliphatic heterocycles. The first-order chi connectivity index (χ1) is 14.0. The zero-order valence-corrected chi connectivity index (χ0v) is 15.9. The van der Waals surface area contributed by atoms with Gasteiger partial charge in [0, 0.05) is 11.1 Å². The Morgan fingerprint density at radius 3 is 2.62 bits per heavy atom. The molecule has 4 aromatic rings. The van der Waals surface area contributed by atoms with Crippen molar-refractivity contribution in [3.05, 3.63) is 88.2 Å². The molecule has 4 rings (SSSR count). The van der Waals surface area contributed by atoms with Crippen LogP contribution in [0.4, 0.5) is 17.2 Å². The molecule has 0 saturated heterocycles. The zero-order chi connectivity index (χ0) is 20.4. The molecule has 0 atom stereocenters. The molecule has 0 radical (unpaired) electrons. The maximum atomic E-state index is 11.8. The van der Waals surface area contributed by atoms with Gasteiger partial charge in [0.05, 0.1) is 4.92 Å². The van der Waals surface area contributed by atoms with Gasteiger partial charge in [0.2, 0.25) is 5.82 Å². The van der Waals surface area contributed by atoms with E-state index in [2.05, 4.69) is 15.3 Å². The third kappa shape index (κ3) is 3.70. The van der Waals surface area contributed by atoms with Crippen LogP contribution in [-0.4, -0.2) is 14.9 Å². The Balaban J connectivity index is 1.77. The molecule has 0 aliphatic rings. The molecule has 1 heterocycles. The first kappa shape index (κ1) is 18.4. The van der Waals surface area contributed by atoms with Crippen LogP contribution in [0.2, 0.25) is 0 Å². The number of nitrogens with zero attached hydrogens (tertiary/aromatic N) is 3. The Bertz CT molecular complexity index is 1220. The van der Waals surface area contributed by atoms with Crippen molar-refractivity contribution in [3.8, 4) is 11.6 Å². The SMILES string of the molecule is Cc1ccc(C)c(Nc2ncnc(Oc3cccc4ccccc34)c2[N+](=O)[O-])c1. The molecule has 0 unspecified atom stereocenters. The van der Waals surface area contributed by atoms with Crippen molar-refractivity contribution in [3.63, 3.8) is 0 Å². The van der Waals surface area contributed by atoms with Crippen LogP contribution >= 0.6 is 0 Å². The van der Waals surface area contributed by atoms with E-state index < -0.39 is 4.92 Å². The maximum absolute atomic E-state index is 11.8. The lowest BCUT2D eigenvalue weighted by Crippen LogP contribution is -2.04. The van der Waals surface area contributed by atoms with Gasteiger partial charge < -0.3 is 10.1 Å². The molecule has 0 saturated carbocycles. The van der Waals surface area contributed by atoms with Gasteiger partial charge in [-0.1, -0.05) is 48.5 Å². The summed E-state index contributed by atoms with van der Waals surface area (Å²) in [6, 6.07) is 19.0. The first-order valence-electron chi connectivity index (χ1n) is 9.02.